The molecule has 0 saturated carbocycles. The highest BCUT2D eigenvalue weighted by molar-refractivity contribution is 7.80. The molecule has 0 heterocycles. The minimum atomic E-state index is -0.698. The van der Waals surface area contributed by atoms with E-state index >= 15 is 0 Å². The van der Waals surface area contributed by atoms with Crippen LogP contribution in [0.3, 0.4) is 0 Å². The molecule has 0 bridgehead atoms. The second-order valence-electron chi connectivity index (χ2n) is 11.0. The molecule has 5 rings (SSSR count). The van der Waals surface area contributed by atoms with Crippen LogP contribution in [-0.2, 0) is 0 Å². The summed E-state index contributed by atoms with van der Waals surface area (Å²) in [5, 5.41) is 7.60. The average Bonchev–Trinajstić information content (AvgIpc) is 3.38. The number of aryl methyl sites for hydroxylation is 4. The Labute approximate surface area is 238 Å². The van der Waals surface area contributed by atoms with Gasteiger partial charge >= 0.3 is 0 Å². The summed E-state index contributed by atoms with van der Waals surface area (Å²) in [6.07, 6.45) is 7.32. The van der Waals surface area contributed by atoms with Crippen LogP contribution in [-0.4, -0.2) is 5.66 Å². The van der Waals surface area contributed by atoms with Crippen molar-refractivity contribution in [3.8, 4) is 0 Å². The Bertz CT molecular complexity index is 1500. The van der Waals surface area contributed by atoms with E-state index in [0.717, 1.165) is 0 Å². The van der Waals surface area contributed by atoms with E-state index in [1.165, 1.54) is 65.7 Å². The molecule has 0 saturated heterocycles. The lowest BCUT2D eigenvalue weighted by atomic mass is 10.1. The molecule has 1 aliphatic rings. The van der Waals surface area contributed by atoms with E-state index in [9.17, 15) is 0 Å². The number of benzene rings is 4. The Balaban J connectivity index is 1.77. The Hall–Kier alpha value is -2.78. The number of hydrogen-bond donors (Lipinski definition) is 0. The maximum atomic E-state index is 2.51. The minimum absolute atomic E-state index is 0.354. The van der Waals surface area contributed by atoms with E-state index in [1.54, 1.807) is 5.31 Å². The van der Waals surface area contributed by atoms with Crippen molar-refractivity contribution in [2.24, 2.45) is 0 Å². The molecule has 1 unspecified atom stereocenters. The van der Waals surface area contributed by atoms with Gasteiger partial charge in [-0.05, 0) is 142 Å². The van der Waals surface area contributed by atoms with Crippen LogP contribution in [0.25, 0.3) is 0 Å². The summed E-state index contributed by atoms with van der Waals surface area (Å²) in [4.78, 5) is 0. The standard InChI is InChI=1S/C37H40P2/c1-24-14-9-18-32(28(24)5)38(33-19-10-15-25(2)29(33)6)36-22-13-23-37(36)39(34-20-11-16-26(3)30(34)7)35-21-12-17-27(4)31(35)8/h9-23,36H,1-8H3. The fraction of sp³-hybridized carbons (Fsp3) is 0.243. The summed E-state index contributed by atoms with van der Waals surface area (Å²) < 4.78 is 0. The Kier molecular flexibility index (Phi) is 8.10. The molecule has 4 aromatic carbocycles. The van der Waals surface area contributed by atoms with Gasteiger partial charge in [-0.25, -0.2) is 0 Å². The lowest BCUT2D eigenvalue weighted by molar-refractivity contribution is 1.33. The van der Waals surface area contributed by atoms with Crippen molar-refractivity contribution in [3.05, 3.63) is 141 Å². The van der Waals surface area contributed by atoms with Gasteiger partial charge in [0.25, 0.3) is 0 Å². The van der Waals surface area contributed by atoms with Crippen LogP contribution in [0.1, 0.15) is 44.5 Å². The highest BCUT2D eigenvalue weighted by atomic mass is 31.1. The fourth-order valence-electron chi connectivity index (χ4n) is 5.67. The Morgan fingerprint density at radius 3 is 1.23 bits per heavy atom. The fourth-order valence-corrected chi connectivity index (χ4v) is 12.3. The van der Waals surface area contributed by atoms with Crippen molar-refractivity contribution in [1.82, 2.24) is 0 Å². The molecule has 198 valence electrons. The Morgan fingerprint density at radius 1 is 0.462 bits per heavy atom. The van der Waals surface area contributed by atoms with Gasteiger partial charge in [0.05, 0.1) is 0 Å². The van der Waals surface area contributed by atoms with Crippen molar-refractivity contribution in [3.63, 3.8) is 0 Å². The third kappa shape index (κ3) is 5.11. The maximum absolute atomic E-state index is 2.51. The molecular weight excluding hydrogens is 506 g/mol. The summed E-state index contributed by atoms with van der Waals surface area (Å²) in [6, 6.07) is 27.7. The lowest BCUT2D eigenvalue weighted by Gasteiger charge is -2.34. The molecule has 2 heteroatoms. The molecule has 0 aliphatic heterocycles. The van der Waals surface area contributed by atoms with Crippen LogP contribution in [0.5, 0.6) is 0 Å². The molecule has 1 atom stereocenters. The summed E-state index contributed by atoms with van der Waals surface area (Å²) in [5.41, 5.74) is 11.6. The number of rotatable bonds is 6. The Morgan fingerprint density at radius 2 is 0.821 bits per heavy atom. The molecule has 0 spiro atoms. The topological polar surface area (TPSA) is 0 Å². The molecular formula is C37H40P2. The smallest absolute Gasteiger partial charge is 0.0315 e. The normalized spacial score (nSPS) is 14.9. The zero-order valence-corrected chi connectivity index (χ0v) is 26.4. The summed E-state index contributed by atoms with van der Waals surface area (Å²) in [7, 11) is -1.35. The molecule has 0 fully saturated rings. The first-order valence-electron chi connectivity index (χ1n) is 13.9. The summed E-state index contributed by atoms with van der Waals surface area (Å²) in [6.45, 7) is 18.3. The van der Waals surface area contributed by atoms with E-state index in [-0.39, 0.29) is 0 Å². The molecule has 39 heavy (non-hydrogen) atoms. The summed E-state index contributed by atoms with van der Waals surface area (Å²) in [5.74, 6) is 0. The molecule has 0 nitrogen and oxygen atoms in total. The molecule has 0 aromatic heterocycles. The number of hydrogen-bond acceptors (Lipinski definition) is 0. The highest BCUT2D eigenvalue weighted by Gasteiger charge is 2.36. The third-order valence-electron chi connectivity index (χ3n) is 8.70. The van der Waals surface area contributed by atoms with Crippen molar-refractivity contribution in [2.45, 2.75) is 61.0 Å². The molecule has 0 N–H and O–H groups in total. The third-order valence-corrected chi connectivity index (χ3v) is 14.8. The zero-order valence-electron chi connectivity index (χ0n) is 24.6. The van der Waals surface area contributed by atoms with Gasteiger partial charge in [0, 0.05) is 5.66 Å². The van der Waals surface area contributed by atoms with Gasteiger partial charge in [-0.1, -0.05) is 91.0 Å². The maximum Gasteiger partial charge on any atom is 0.0315 e. The molecule has 4 aromatic rings. The monoisotopic (exact) mass is 546 g/mol. The zero-order chi connectivity index (χ0) is 27.8. The molecule has 0 radical (unpaired) electrons. The number of allylic oxidation sites excluding steroid dienone is 4. The first-order valence-corrected chi connectivity index (χ1v) is 16.7. The van der Waals surface area contributed by atoms with E-state index in [1.807, 2.05) is 0 Å². The minimum Gasteiger partial charge on any atom is -0.0721 e. The van der Waals surface area contributed by atoms with E-state index in [2.05, 4.69) is 146 Å². The van der Waals surface area contributed by atoms with E-state index in [4.69, 9.17) is 0 Å². The van der Waals surface area contributed by atoms with Crippen LogP contribution in [0.4, 0.5) is 0 Å². The van der Waals surface area contributed by atoms with Crippen molar-refractivity contribution in [2.75, 3.05) is 0 Å². The predicted molar refractivity (Wildman–Crippen MR) is 177 cm³/mol. The van der Waals surface area contributed by atoms with Gasteiger partial charge in [0.1, 0.15) is 0 Å². The SMILES string of the molecule is Cc1cccc(P(C2=CC=CC2P(c2cccc(C)c2C)c2cccc(C)c2C)c2cccc(C)c2C)c1C. The van der Waals surface area contributed by atoms with Gasteiger partial charge in [-0.15, -0.1) is 0 Å². The van der Waals surface area contributed by atoms with Gasteiger partial charge in [0.2, 0.25) is 0 Å². The quantitative estimate of drug-likeness (QED) is 0.213. The molecule has 0 amide bonds. The van der Waals surface area contributed by atoms with Crippen LogP contribution >= 0.6 is 15.8 Å². The average molecular weight is 547 g/mol. The van der Waals surface area contributed by atoms with Crippen molar-refractivity contribution in [1.29, 1.82) is 0 Å². The van der Waals surface area contributed by atoms with Gasteiger partial charge in [0.15, 0.2) is 0 Å². The van der Waals surface area contributed by atoms with Gasteiger partial charge in [-0.2, -0.15) is 0 Å². The lowest BCUT2D eigenvalue weighted by Crippen LogP contribution is -2.28. The van der Waals surface area contributed by atoms with Crippen LogP contribution in [0, 0.1) is 55.4 Å². The van der Waals surface area contributed by atoms with E-state index < -0.39 is 15.8 Å². The van der Waals surface area contributed by atoms with Crippen LogP contribution in [0.2, 0.25) is 0 Å². The largest absolute Gasteiger partial charge is 0.0721 e. The van der Waals surface area contributed by atoms with Gasteiger partial charge in [-0.3, -0.25) is 0 Å². The van der Waals surface area contributed by atoms with E-state index in [0.29, 0.717) is 5.66 Å². The summed E-state index contributed by atoms with van der Waals surface area (Å²) >= 11 is 0. The van der Waals surface area contributed by atoms with Crippen LogP contribution in [0.15, 0.2) is 96.3 Å². The first-order chi connectivity index (χ1) is 18.7. The highest BCUT2D eigenvalue weighted by Crippen LogP contribution is 2.58. The predicted octanol–water partition coefficient (Wildman–Crippen LogP) is 8.54. The van der Waals surface area contributed by atoms with Crippen LogP contribution < -0.4 is 21.2 Å². The molecule has 1 aliphatic carbocycles. The van der Waals surface area contributed by atoms with Crippen molar-refractivity contribution < 1.29 is 0 Å². The second-order valence-corrected chi connectivity index (χ2v) is 15.4. The second kappa shape index (κ2) is 11.4. The first kappa shape index (κ1) is 27.8. The van der Waals surface area contributed by atoms with Crippen molar-refractivity contribution >= 4 is 37.1 Å². The van der Waals surface area contributed by atoms with Gasteiger partial charge < -0.3 is 0 Å².